The Morgan fingerprint density at radius 2 is 2.04 bits per heavy atom. The molecule has 26 heavy (non-hydrogen) atoms. The van der Waals surface area contributed by atoms with Crippen LogP contribution in [0.2, 0.25) is 5.02 Å². The zero-order chi connectivity index (χ0) is 18.7. The predicted molar refractivity (Wildman–Crippen MR) is 93.6 cm³/mol. The highest BCUT2D eigenvalue weighted by Crippen LogP contribution is 2.25. The van der Waals surface area contributed by atoms with Crippen LogP contribution in [0.15, 0.2) is 53.1 Å². The number of nitro groups is 1. The van der Waals surface area contributed by atoms with Crippen LogP contribution in [0.5, 0.6) is 0 Å². The minimum absolute atomic E-state index is 0.0545. The number of halogens is 1. The van der Waals surface area contributed by atoms with Crippen LogP contribution in [0.1, 0.15) is 16.2 Å². The predicted octanol–water partition coefficient (Wildman–Crippen LogP) is 3.57. The largest absolute Gasteiger partial charge is 0.337 e. The van der Waals surface area contributed by atoms with Crippen LogP contribution < -0.4 is 0 Å². The summed E-state index contributed by atoms with van der Waals surface area (Å²) < 4.78 is 5.17. The van der Waals surface area contributed by atoms with Crippen molar-refractivity contribution in [3.8, 4) is 11.4 Å². The SMILES string of the molecule is CN(Cc1nc(-c2ccccc2Cl)no1)C(=O)c1cccc([N+](=O)[O-])c1. The summed E-state index contributed by atoms with van der Waals surface area (Å²) >= 11 is 6.10. The minimum Gasteiger partial charge on any atom is -0.337 e. The molecule has 1 amide bonds. The van der Waals surface area contributed by atoms with Gasteiger partial charge in [0.1, 0.15) is 0 Å². The fourth-order valence-electron chi connectivity index (χ4n) is 2.32. The second kappa shape index (κ2) is 7.32. The number of benzene rings is 2. The Morgan fingerprint density at radius 1 is 1.27 bits per heavy atom. The molecule has 3 aromatic rings. The van der Waals surface area contributed by atoms with Crippen molar-refractivity contribution in [2.24, 2.45) is 0 Å². The first-order valence-corrected chi connectivity index (χ1v) is 7.91. The Labute approximate surface area is 153 Å². The Kier molecular flexibility index (Phi) is 4.94. The van der Waals surface area contributed by atoms with E-state index in [1.807, 2.05) is 0 Å². The van der Waals surface area contributed by atoms with E-state index in [1.165, 1.54) is 29.2 Å². The van der Waals surface area contributed by atoms with Gasteiger partial charge in [0.2, 0.25) is 11.7 Å². The molecule has 0 aliphatic heterocycles. The summed E-state index contributed by atoms with van der Waals surface area (Å²) in [6.45, 7) is 0.0545. The third-order valence-electron chi connectivity index (χ3n) is 3.61. The molecule has 0 saturated heterocycles. The molecule has 0 atom stereocenters. The van der Waals surface area contributed by atoms with Gasteiger partial charge in [-0.2, -0.15) is 4.98 Å². The van der Waals surface area contributed by atoms with Crippen LogP contribution in [0.3, 0.4) is 0 Å². The number of nitro benzene ring substituents is 1. The fraction of sp³-hybridized carbons (Fsp3) is 0.118. The van der Waals surface area contributed by atoms with E-state index in [9.17, 15) is 14.9 Å². The van der Waals surface area contributed by atoms with Crippen LogP contribution in [0.4, 0.5) is 5.69 Å². The average molecular weight is 373 g/mol. The first-order valence-electron chi connectivity index (χ1n) is 7.53. The van der Waals surface area contributed by atoms with Crippen molar-refractivity contribution in [1.29, 1.82) is 0 Å². The van der Waals surface area contributed by atoms with E-state index in [-0.39, 0.29) is 23.7 Å². The molecule has 132 valence electrons. The van der Waals surface area contributed by atoms with Crippen LogP contribution >= 0.6 is 11.6 Å². The van der Waals surface area contributed by atoms with Crippen LogP contribution in [-0.2, 0) is 6.54 Å². The molecule has 8 nitrogen and oxygen atoms in total. The molecule has 0 unspecified atom stereocenters. The molecular formula is C17H13ClN4O4. The van der Waals surface area contributed by atoms with Crippen molar-refractivity contribution in [3.63, 3.8) is 0 Å². The standard InChI is InChI=1S/C17H13ClN4O4/c1-21(17(23)11-5-4-6-12(9-11)22(24)25)10-15-19-16(20-26-15)13-7-2-3-8-14(13)18/h2-9H,10H2,1H3. The van der Waals surface area contributed by atoms with E-state index in [4.69, 9.17) is 16.1 Å². The summed E-state index contributed by atoms with van der Waals surface area (Å²) in [6, 6.07) is 12.6. The Hall–Kier alpha value is -3.26. The van der Waals surface area contributed by atoms with Crippen molar-refractivity contribution in [2.75, 3.05) is 7.05 Å². The molecule has 0 N–H and O–H groups in total. The lowest BCUT2D eigenvalue weighted by Gasteiger charge is -2.14. The van der Waals surface area contributed by atoms with Gasteiger partial charge >= 0.3 is 0 Å². The quantitative estimate of drug-likeness (QED) is 0.501. The molecule has 0 aliphatic rings. The van der Waals surface area contributed by atoms with E-state index in [0.29, 0.717) is 16.4 Å². The van der Waals surface area contributed by atoms with Crippen LogP contribution in [-0.4, -0.2) is 32.9 Å². The molecule has 0 spiro atoms. The third-order valence-corrected chi connectivity index (χ3v) is 3.94. The topological polar surface area (TPSA) is 102 Å². The number of rotatable bonds is 5. The van der Waals surface area contributed by atoms with Gasteiger partial charge in [-0.1, -0.05) is 35.0 Å². The number of amides is 1. The molecule has 1 heterocycles. The van der Waals surface area contributed by atoms with Crippen molar-refractivity contribution in [3.05, 3.63) is 75.1 Å². The summed E-state index contributed by atoms with van der Waals surface area (Å²) in [5.41, 5.74) is 0.674. The van der Waals surface area contributed by atoms with Crippen molar-refractivity contribution in [1.82, 2.24) is 15.0 Å². The number of aromatic nitrogens is 2. The highest BCUT2D eigenvalue weighted by molar-refractivity contribution is 6.33. The number of non-ortho nitro benzene ring substituents is 1. The Bertz CT molecular complexity index is 973. The smallest absolute Gasteiger partial charge is 0.270 e. The molecule has 3 rings (SSSR count). The fourth-order valence-corrected chi connectivity index (χ4v) is 2.54. The van der Waals surface area contributed by atoms with Crippen LogP contribution in [0, 0.1) is 10.1 Å². The van der Waals surface area contributed by atoms with Gasteiger partial charge < -0.3 is 9.42 Å². The lowest BCUT2D eigenvalue weighted by Crippen LogP contribution is -2.26. The molecule has 0 saturated carbocycles. The van der Waals surface area contributed by atoms with Gasteiger partial charge in [0, 0.05) is 30.3 Å². The zero-order valence-corrected chi connectivity index (χ0v) is 14.4. The Balaban J connectivity index is 1.75. The van der Waals surface area contributed by atoms with Gasteiger partial charge in [0.25, 0.3) is 11.6 Å². The maximum Gasteiger partial charge on any atom is 0.270 e. The monoisotopic (exact) mass is 372 g/mol. The first-order chi connectivity index (χ1) is 12.5. The molecule has 2 aromatic carbocycles. The maximum absolute atomic E-state index is 12.4. The lowest BCUT2D eigenvalue weighted by molar-refractivity contribution is -0.384. The summed E-state index contributed by atoms with van der Waals surface area (Å²) in [4.78, 5) is 28.3. The van der Waals surface area contributed by atoms with Gasteiger partial charge in [-0.15, -0.1) is 0 Å². The molecule has 9 heteroatoms. The van der Waals surface area contributed by atoms with Gasteiger partial charge in [-0.05, 0) is 18.2 Å². The number of hydrogen-bond donors (Lipinski definition) is 0. The van der Waals surface area contributed by atoms with Gasteiger partial charge in [0.15, 0.2) is 0 Å². The normalized spacial score (nSPS) is 10.5. The number of nitrogens with zero attached hydrogens (tertiary/aromatic N) is 4. The molecule has 0 fully saturated rings. The van der Waals surface area contributed by atoms with Crippen molar-refractivity contribution < 1.29 is 14.2 Å². The summed E-state index contributed by atoms with van der Waals surface area (Å²) in [5.74, 6) is 0.147. The Morgan fingerprint density at radius 3 is 2.77 bits per heavy atom. The maximum atomic E-state index is 12.4. The lowest BCUT2D eigenvalue weighted by atomic mass is 10.2. The second-order valence-electron chi connectivity index (χ2n) is 5.46. The van der Waals surface area contributed by atoms with E-state index in [0.717, 1.165) is 0 Å². The zero-order valence-electron chi connectivity index (χ0n) is 13.6. The van der Waals surface area contributed by atoms with Crippen molar-refractivity contribution >= 4 is 23.2 Å². The summed E-state index contributed by atoms with van der Waals surface area (Å²) in [6.07, 6.45) is 0. The molecule has 0 radical (unpaired) electrons. The second-order valence-corrected chi connectivity index (χ2v) is 5.87. The van der Waals surface area contributed by atoms with E-state index in [2.05, 4.69) is 10.1 Å². The average Bonchev–Trinajstić information content (AvgIpc) is 3.09. The van der Waals surface area contributed by atoms with Gasteiger partial charge in [0.05, 0.1) is 16.5 Å². The highest BCUT2D eigenvalue weighted by Gasteiger charge is 2.18. The van der Waals surface area contributed by atoms with E-state index >= 15 is 0 Å². The number of carbonyl (C=O) groups excluding carboxylic acids is 1. The molecule has 0 aliphatic carbocycles. The first kappa shape index (κ1) is 17.6. The van der Waals surface area contributed by atoms with E-state index < -0.39 is 10.8 Å². The molecule has 0 bridgehead atoms. The summed E-state index contributed by atoms with van der Waals surface area (Å²) in [7, 11) is 1.54. The van der Waals surface area contributed by atoms with E-state index in [1.54, 1.807) is 31.3 Å². The van der Waals surface area contributed by atoms with Crippen LogP contribution in [0.25, 0.3) is 11.4 Å². The molecule has 1 aromatic heterocycles. The van der Waals surface area contributed by atoms with Gasteiger partial charge in [-0.3, -0.25) is 14.9 Å². The summed E-state index contributed by atoms with van der Waals surface area (Å²) in [5, 5.41) is 15.2. The minimum atomic E-state index is -0.551. The third kappa shape index (κ3) is 3.70. The molecular weight excluding hydrogens is 360 g/mol. The number of hydrogen-bond acceptors (Lipinski definition) is 6. The van der Waals surface area contributed by atoms with Gasteiger partial charge in [-0.25, -0.2) is 0 Å². The van der Waals surface area contributed by atoms with Crippen molar-refractivity contribution in [2.45, 2.75) is 6.54 Å². The highest BCUT2D eigenvalue weighted by atomic mass is 35.5. The number of carbonyl (C=O) groups is 1.